The number of carbonyl (C=O) groups is 1. The minimum absolute atomic E-state index is 0.0217. The number of aliphatic hydroxyl groups excluding tert-OH is 1. The summed E-state index contributed by atoms with van der Waals surface area (Å²) in [6.07, 6.45) is 3.46. The second-order valence-corrected chi connectivity index (χ2v) is 6.26. The van der Waals surface area contributed by atoms with Gasteiger partial charge in [0, 0.05) is 18.1 Å². The average Bonchev–Trinajstić information content (AvgIpc) is 3.27. The molecule has 7 nitrogen and oxygen atoms in total. The van der Waals surface area contributed by atoms with Crippen molar-refractivity contribution in [3.05, 3.63) is 47.9 Å². The van der Waals surface area contributed by atoms with E-state index < -0.39 is 0 Å². The number of aromatic nitrogens is 4. The first-order valence-corrected chi connectivity index (χ1v) is 8.39. The molecule has 0 unspecified atom stereocenters. The average molecular weight is 337 g/mol. The predicted octanol–water partition coefficient (Wildman–Crippen LogP) is 1.72. The van der Waals surface area contributed by atoms with Gasteiger partial charge in [0.25, 0.3) is 5.91 Å². The summed E-state index contributed by atoms with van der Waals surface area (Å²) in [7, 11) is 0. The van der Waals surface area contributed by atoms with Gasteiger partial charge in [-0.1, -0.05) is 23.4 Å². The number of fused-ring (bicyclic) bond motifs is 1. The number of carbonyl (C=O) groups excluding carboxylic acids is 1. The maximum absolute atomic E-state index is 12.8. The first-order chi connectivity index (χ1) is 12.2. The van der Waals surface area contributed by atoms with Gasteiger partial charge in [-0.15, -0.1) is 5.10 Å². The molecule has 1 aromatic carbocycles. The van der Waals surface area contributed by atoms with Crippen LogP contribution in [0.5, 0.6) is 0 Å². The largest absolute Gasteiger partial charge is 0.394 e. The van der Waals surface area contributed by atoms with Gasteiger partial charge in [0.2, 0.25) is 0 Å². The summed E-state index contributed by atoms with van der Waals surface area (Å²) in [5.41, 5.74) is 2.61. The Morgan fingerprint density at radius 3 is 3.00 bits per heavy atom. The van der Waals surface area contributed by atoms with Gasteiger partial charge in [0.1, 0.15) is 0 Å². The van der Waals surface area contributed by atoms with Crippen LogP contribution in [0.1, 0.15) is 29.0 Å². The van der Waals surface area contributed by atoms with Crippen LogP contribution in [0.3, 0.4) is 0 Å². The highest BCUT2D eigenvalue weighted by molar-refractivity contribution is 5.94. The van der Waals surface area contributed by atoms with E-state index in [9.17, 15) is 9.90 Å². The van der Waals surface area contributed by atoms with E-state index in [0.717, 1.165) is 29.4 Å². The van der Waals surface area contributed by atoms with Gasteiger partial charge in [-0.25, -0.2) is 4.68 Å². The molecular formula is C18H19N5O2. The van der Waals surface area contributed by atoms with Crippen LogP contribution in [0.15, 0.2) is 36.5 Å². The number of rotatable bonds is 3. The fraction of sp³-hybridized carbons (Fsp3) is 0.333. The Kier molecular flexibility index (Phi) is 3.93. The van der Waals surface area contributed by atoms with Crippen LogP contribution < -0.4 is 0 Å². The van der Waals surface area contributed by atoms with E-state index in [-0.39, 0.29) is 18.6 Å². The van der Waals surface area contributed by atoms with Gasteiger partial charge >= 0.3 is 0 Å². The fourth-order valence-corrected chi connectivity index (χ4v) is 3.44. The molecule has 3 heterocycles. The molecular weight excluding hydrogens is 318 g/mol. The van der Waals surface area contributed by atoms with Crippen LogP contribution in [-0.2, 0) is 0 Å². The molecule has 1 fully saturated rings. The Morgan fingerprint density at radius 2 is 2.16 bits per heavy atom. The van der Waals surface area contributed by atoms with E-state index in [1.165, 1.54) is 0 Å². The highest BCUT2D eigenvalue weighted by Crippen LogP contribution is 2.24. The molecule has 0 saturated carbocycles. The van der Waals surface area contributed by atoms with Crippen LogP contribution in [0.4, 0.5) is 0 Å². The first kappa shape index (κ1) is 15.7. The van der Waals surface area contributed by atoms with Crippen molar-refractivity contribution in [3.63, 3.8) is 0 Å². The number of likely N-dealkylation sites (tertiary alicyclic amines) is 1. The molecule has 3 aromatic rings. The SMILES string of the molecule is Cc1c(C(=O)N2CCC[C@@H]2CO)nnn1-c1cccc2cccnc12. The molecule has 1 aliphatic rings. The molecule has 7 heteroatoms. The monoisotopic (exact) mass is 337 g/mol. The Bertz CT molecular complexity index is 931. The molecule has 1 saturated heterocycles. The summed E-state index contributed by atoms with van der Waals surface area (Å²) < 4.78 is 1.66. The van der Waals surface area contributed by atoms with Crippen molar-refractivity contribution >= 4 is 16.8 Å². The third kappa shape index (κ3) is 2.56. The van der Waals surface area contributed by atoms with Crippen molar-refractivity contribution in [2.24, 2.45) is 0 Å². The first-order valence-electron chi connectivity index (χ1n) is 8.39. The van der Waals surface area contributed by atoms with Crippen molar-refractivity contribution in [3.8, 4) is 5.69 Å². The van der Waals surface area contributed by atoms with Crippen molar-refractivity contribution in [2.75, 3.05) is 13.2 Å². The molecule has 128 valence electrons. The fourth-order valence-electron chi connectivity index (χ4n) is 3.44. The lowest BCUT2D eigenvalue weighted by molar-refractivity contribution is 0.0671. The van der Waals surface area contributed by atoms with E-state index in [0.29, 0.717) is 17.9 Å². The number of hydrogen-bond donors (Lipinski definition) is 1. The summed E-state index contributed by atoms with van der Waals surface area (Å²) in [4.78, 5) is 19.0. The predicted molar refractivity (Wildman–Crippen MR) is 92.5 cm³/mol. The zero-order valence-corrected chi connectivity index (χ0v) is 14.0. The van der Waals surface area contributed by atoms with Crippen LogP contribution in [0.25, 0.3) is 16.6 Å². The lowest BCUT2D eigenvalue weighted by atomic mass is 10.2. The smallest absolute Gasteiger partial charge is 0.276 e. The van der Waals surface area contributed by atoms with E-state index in [2.05, 4.69) is 15.3 Å². The zero-order chi connectivity index (χ0) is 17.4. The third-order valence-electron chi connectivity index (χ3n) is 4.79. The Morgan fingerprint density at radius 1 is 1.32 bits per heavy atom. The maximum atomic E-state index is 12.8. The van der Waals surface area contributed by atoms with Crippen LogP contribution in [0, 0.1) is 6.92 Å². The van der Waals surface area contributed by atoms with Gasteiger partial charge in [0.05, 0.1) is 29.5 Å². The molecule has 1 atom stereocenters. The topological polar surface area (TPSA) is 84.1 Å². The minimum Gasteiger partial charge on any atom is -0.394 e. The number of benzene rings is 1. The van der Waals surface area contributed by atoms with Gasteiger partial charge in [0.15, 0.2) is 5.69 Å². The van der Waals surface area contributed by atoms with Crippen molar-refractivity contribution in [1.82, 2.24) is 24.9 Å². The summed E-state index contributed by atoms with van der Waals surface area (Å²) in [6, 6.07) is 9.58. The lowest BCUT2D eigenvalue weighted by Gasteiger charge is -2.22. The van der Waals surface area contributed by atoms with Crippen LogP contribution in [-0.4, -0.2) is 55.1 Å². The van der Waals surface area contributed by atoms with Crippen molar-refractivity contribution < 1.29 is 9.90 Å². The number of hydrogen-bond acceptors (Lipinski definition) is 5. The number of para-hydroxylation sites is 1. The van der Waals surface area contributed by atoms with Gasteiger partial charge in [-0.3, -0.25) is 9.78 Å². The second-order valence-electron chi connectivity index (χ2n) is 6.26. The quantitative estimate of drug-likeness (QED) is 0.787. The summed E-state index contributed by atoms with van der Waals surface area (Å²) in [6.45, 7) is 2.46. The second kappa shape index (κ2) is 6.25. The molecule has 2 aromatic heterocycles. The van der Waals surface area contributed by atoms with Gasteiger partial charge in [-0.2, -0.15) is 0 Å². The van der Waals surface area contributed by atoms with E-state index >= 15 is 0 Å². The molecule has 1 aliphatic heterocycles. The van der Waals surface area contributed by atoms with Crippen LogP contribution in [0.2, 0.25) is 0 Å². The zero-order valence-electron chi connectivity index (χ0n) is 14.0. The molecule has 4 rings (SSSR count). The normalized spacial score (nSPS) is 17.4. The maximum Gasteiger partial charge on any atom is 0.276 e. The molecule has 1 amide bonds. The highest BCUT2D eigenvalue weighted by Gasteiger charge is 2.31. The Labute approximate surface area is 144 Å². The Balaban J connectivity index is 1.75. The lowest BCUT2D eigenvalue weighted by Crippen LogP contribution is -2.38. The summed E-state index contributed by atoms with van der Waals surface area (Å²) in [5.74, 6) is -0.173. The van der Waals surface area contributed by atoms with Gasteiger partial charge < -0.3 is 10.0 Å². The molecule has 0 radical (unpaired) electrons. The number of pyridine rings is 1. The molecule has 0 bridgehead atoms. The number of amides is 1. The standard InChI is InChI=1S/C18H19N5O2/c1-12-16(18(25)22-10-4-7-14(22)11-24)20-21-23(12)15-8-2-5-13-6-3-9-19-17(13)15/h2-3,5-6,8-9,14,24H,4,7,10-11H2,1H3/t14-/m1/s1. The highest BCUT2D eigenvalue weighted by atomic mass is 16.3. The number of nitrogens with zero attached hydrogens (tertiary/aromatic N) is 5. The summed E-state index contributed by atoms with van der Waals surface area (Å²) in [5, 5.41) is 18.8. The minimum atomic E-state index is -0.173. The molecule has 0 spiro atoms. The van der Waals surface area contributed by atoms with Crippen LogP contribution >= 0.6 is 0 Å². The number of aliphatic hydroxyl groups is 1. The van der Waals surface area contributed by atoms with Crippen molar-refractivity contribution in [2.45, 2.75) is 25.8 Å². The van der Waals surface area contributed by atoms with Crippen molar-refractivity contribution in [1.29, 1.82) is 0 Å². The molecule has 1 N–H and O–H groups in total. The van der Waals surface area contributed by atoms with E-state index in [1.807, 2.05) is 37.3 Å². The third-order valence-corrected chi connectivity index (χ3v) is 4.79. The van der Waals surface area contributed by atoms with E-state index in [4.69, 9.17) is 0 Å². The van der Waals surface area contributed by atoms with E-state index in [1.54, 1.807) is 15.8 Å². The van der Waals surface area contributed by atoms with Gasteiger partial charge in [-0.05, 0) is 31.9 Å². The summed E-state index contributed by atoms with van der Waals surface area (Å²) >= 11 is 0. The molecule has 25 heavy (non-hydrogen) atoms. The molecule has 0 aliphatic carbocycles. The Hall–Kier alpha value is -2.80.